The van der Waals surface area contributed by atoms with E-state index in [1.54, 1.807) is 0 Å². The van der Waals surface area contributed by atoms with E-state index < -0.39 is 11.1 Å². The fourth-order valence-corrected chi connectivity index (χ4v) is 3.80. The molecule has 0 aromatic heterocycles. The maximum atomic E-state index is 14.2. The summed E-state index contributed by atoms with van der Waals surface area (Å²) in [5.41, 5.74) is 0.0714. The Morgan fingerprint density at radius 2 is 1.96 bits per heavy atom. The van der Waals surface area contributed by atoms with Crippen LogP contribution in [0.5, 0.6) is 0 Å². The minimum atomic E-state index is -0.598. The van der Waals surface area contributed by atoms with Gasteiger partial charge in [0, 0.05) is 11.3 Å². The number of esters is 1. The fraction of sp³-hybridized carbons (Fsp3) is 0.600. The topological polar surface area (TPSA) is 55.4 Å². The van der Waals surface area contributed by atoms with E-state index in [0.717, 1.165) is 19.3 Å². The molecular weight excluding hydrogens is 389 g/mol. The SMILES string of the molecule is CCCCOC(=O)C(CCC)Sc1cc(NC(=O)CC(C)C)c(F)cc1Cl. The zero-order valence-corrected chi connectivity index (χ0v) is 18.0. The normalized spacial score (nSPS) is 12.1. The summed E-state index contributed by atoms with van der Waals surface area (Å²) >= 11 is 7.42. The molecule has 0 aliphatic heterocycles. The van der Waals surface area contributed by atoms with E-state index in [9.17, 15) is 14.0 Å². The second kappa shape index (κ2) is 12.2. The number of nitrogens with one attached hydrogen (secondary N) is 1. The van der Waals surface area contributed by atoms with Gasteiger partial charge < -0.3 is 10.1 Å². The van der Waals surface area contributed by atoms with Crippen molar-refractivity contribution in [3.63, 3.8) is 0 Å². The average Bonchev–Trinajstić information content (AvgIpc) is 2.57. The first kappa shape index (κ1) is 23.8. The number of thioether (sulfide) groups is 1. The molecule has 0 aliphatic carbocycles. The highest BCUT2D eigenvalue weighted by atomic mass is 35.5. The molecule has 4 nitrogen and oxygen atoms in total. The molecule has 27 heavy (non-hydrogen) atoms. The standard InChI is InChI=1S/C20H29ClFNO3S/c1-5-7-9-26-20(25)17(8-6-2)27-18-12-16(15(22)11-14(18)21)23-19(24)10-13(3)4/h11-13,17H,5-10H2,1-4H3,(H,23,24). The molecule has 152 valence electrons. The van der Waals surface area contributed by atoms with Crippen molar-refractivity contribution in [2.75, 3.05) is 11.9 Å². The van der Waals surface area contributed by atoms with Crippen molar-refractivity contribution in [1.29, 1.82) is 0 Å². The number of anilines is 1. The highest BCUT2D eigenvalue weighted by Gasteiger charge is 2.23. The number of benzene rings is 1. The number of rotatable bonds is 11. The summed E-state index contributed by atoms with van der Waals surface area (Å²) < 4.78 is 19.5. The quantitative estimate of drug-likeness (QED) is 0.270. The van der Waals surface area contributed by atoms with Crippen molar-refractivity contribution in [2.24, 2.45) is 5.92 Å². The lowest BCUT2D eigenvalue weighted by atomic mass is 10.1. The van der Waals surface area contributed by atoms with E-state index in [2.05, 4.69) is 5.32 Å². The number of hydrogen-bond acceptors (Lipinski definition) is 4. The van der Waals surface area contributed by atoms with E-state index in [1.807, 2.05) is 27.7 Å². The first-order valence-corrected chi connectivity index (χ1v) is 10.7. The molecule has 1 rings (SSSR count). The van der Waals surface area contributed by atoms with Crippen molar-refractivity contribution in [3.05, 3.63) is 23.0 Å². The predicted octanol–water partition coefficient (Wildman–Crippen LogP) is 6.07. The Hall–Kier alpha value is -1.27. The van der Waals surface area contributed by atoms with Crippen molar-refractivity contribution in [1.82, 2.24) is 0 Å². The van der Waals surface area contributed by atoms with Gasteiger partial charge in [0.05, 0.1) is 17.3 Å². The Labute approximate surface area is 170 Å². The van der Waals surface area contributed by atoms with Crippen LogP contribution >= 0.6 is 23.4 Å². The molecule has 1 unspecified atom stereocenters. The summed E-state index contributed by atoms with van der Waals surface area (Å²) in [5, 5.41) is 2.37. The van der Waals surface area contributed by atoms with E-state index in [1.165, 1.54) is 23.9 Å². The van der Waals surface area contributed by atoms with Gasteiger partial charge in [-0.05, 0) is 30.9 Å². The van der Waals surface area contributed by atoms with E-state index >= 15 is 0 Å². The highest BCUT2D eigenvalue weighted by molar-refractivity contribution is 8.00. The molecule has 0 heterocycles. The second-order valence-corrected chi connectivity index (χ2v) is 8.48. The van der Waals surface area contributed by atoms with E-state index in [0.29, 0.717) is 24.3 Å². The maximum Gasteiger partial charge on any atom is 0.319 e. The van der Waals surface area contributed by atoms with Crippen LogP contribution in [0, 0.1) is 11.7 Å². The molecule has 0 aliphatic rings. The molecule has 0 saturated carbocycles. The zero-order valence-electron chi connectivity index (χ0n) is 16.4. The lowest BCUT2D eigenvalue weighted by Gasteiger charge is -2.17. The number of unbranched alkanes of at least 4 members (excludes halogenated alkanes) is 1. The molecule has 0 bridgehead atoms. The van der Waals surface area contributed by atoms with Gasteiger partial charge in [0.2, 0.25) is 5.91 Å². The molecule has 1 aromatic rings. The van der Waals surface area contributed by atoms with Gasteiger partial charge in [-0.25, -0.2) is 4.39 Å². The molecule has 1 atom stereocenters. The summed E-state index contributed by atoms with van der Waals surface area (Å²) in [5.74, 6) is -0.979. The fourth-order valence-electron chi connectivity index (χ4n) is 2.34. The lowest BCUT2D eigenvalue weighted by molar-refractivity contribution is -0.143. The number of amides is 1. The molecule has 0 fully saturated rings. The third-order valence-electron chi connectivity index (χ3n) is 3.71. The predicted molar refractivity (Wildman–Crippen MR) is 110 cm³/mol. The largest absolute Gasteiger partial charge is 0.465 e. The van der Waals surface area contributed by atoms with Crippen LogP contribution in [-0.2, 0) is 14.3 Å². The van der Waals surface area contributed by atoms with Crippen LogP contribution in [0.4, 0.5) is 10.1 Å². The lowest BCUT2D eigenvalue weighted by Crippen LogP contribution is -2.21. The molecule has 7 heteroatoms. The molecule has 0 radical (unpaired) electrons. The van der Waals surface area contributed by atoms with Crippen LogP contribution in [0.1, 0.15) is 59.8 Å². The smallest absolute Gasteiger partial charge is 0.319 e. The zero-order chi connectivity index (χ0) is 20.4. The van der Waals surface area contributed by atoms with Gasteiger partial charge in [-0.15, -0.1) is 11.8 Å². The van der Waals surface area contributed by atoms with Crippen LogP contribution in [0.2, 0.25) is 5.02 Å². The molecular formula is C20H29ClFNO3S. The third kappa shape index (κ3) is 8.52. The molecule has 0 spiro atoms. The monoisotopic (exact) mass is 417 g/mol. The number of halogens is 2. The van der Waals surface area contributed by atoms with Crippen molar-refractivity contribution in [2.45, 2.75) is 69.9 Å². The Morgan fingerprint density at radius 3 is 2.56 bits per heavy atom. The minimum Gasteiger partial charge on any atom is -0.465 e. The molecule has 1 amide bonds. The number of carbonyl (C=O) groups excluding carboxylic acids is 2. The van der Waals surface area contributed by atoms with E-state index in [4.69, 9.17) is 16.3 Å². The minimum absolute atomic E-state index is 0.0714. The molecule has 1 aromatic carbocycles. The summed E-state index contributed by atoms with van der Waals surface area (Å²) in [6, 6.07) is 2.66. The van der Waals surface area contributed by atoms with Crippen LogP contribution in [0.3, 0.4) is 0 Å². The van der Waals surface area contributed by atoms with Crippen LogP contribution < -0.4 is 5.32 Å². The van der Waals surface area contributed by atoms with Crippen LogP contribution in [0.25, 0.3) is 0 Å². The Balaban J connectivity index is 2.93. The van der Waals surface area contributed by atoms with Gasteiger partial charge in [0.15, 0.2) is 0 Å². The van der Waals surface area contributed by atoms with Gasteiger partial charge in [0.25, 0.3) is 0 Å². The summed E-state index contributed by atoms with van der Waals surface area (Å²) in [6.45, 7) is 8.23. The molecule has 1 N–H and O–H groups in total. The summed E-state index contributed by atoms with van der Waals surface area (Å²) in [7, 11) is 0. The van der Waals surface area contributed by atoms with Gasteiger partial charge in [-0.2, -0.15) is 0 Å². The Morgan fingerprint density at radius 1 is 1.26 bits per heavy atom. The summed E-state index contributed by atoms with van der Waals surface area (Å²) in [4.78, 5) is 24.8. The number of carbonyl (C=O) groups is 2. The average molecular weight is 418 g/mol. The van der Waals surface area contributed by atoms with Gasteiger partial charge >= 0.3 is 5.97 Å². The van der Waals surface area contributed by atoms with E-state index in [-0.39, 0.29) is 28.5 Å². The Bertz CT molecular complexity index is 640. The van der Waals surface area contributed by atoms with Crippen LogP contribution in [0.15, 0.2) is 17.0 Å². The number of hydrogen-bond donors (Lipinski definition) is 1. The maximum absolute atomic E-state index is 14.2. The van der Waals surface area contributed by atoms with Gasteiger partial charge in [-0.3, -0.25) is 9.59 Å². The Kier molecular flexibility index (Phi) is 10.8. The first-order valence-electron chi connectivity index (χ1n) is 9.40. The van der Waals surface area contributed by atoms with Gasteiger partial charge in [0.1, 0.15) is 11.1 Å². The number of ether oxygens (including phenoxy) is 1. The van der Waals surface area contributed by atoms with Crippen molar-refractivity contribution < 1.29 is 18.7 Å². The van der Waals surface area contributed by atoms with Crippen molar-refractivity contribution >= 4 is 40.9 Å². The summed E-state index contributed by atoms with van der Waals surface area (Å²) in [6.07, 6.45) is 3.49. The van der Waals surface area contributed by atoms with Crippen LogP contribution in [-0.4, -0.2) is 23.7 Å². The van der Waals surface area contributed by atoms with Crippen molar-refractivity contribution in [3.8, 4) is 0 Å². The highest BCUT2D eigenvalue weighted by Crippen LogP contribution is 2.36. The second-order valence-electron chi connectivity index (χ2n) is 6.82. The third-order valence-corrected chi connectivity index (χ3v) is 5.44. The van der Waals surface area contributed by atoms with Gasteiger partial charge in [-0.1, -0.05) is 52.1 Å². The molecule has 0 saturated heterocycles. The first-order chi connectivity index (χ1) is 12.8.